The molecule has 1 heterocycles. The second kappa shape index (κ2) is 6.61. The molecular weight excluding hydrogens is 320 g/mol. The van der Waals surface area contributed by atoms with E-state index in [1.165, 1.54) is 0 Å². The second-order valence-electron chi connectivity index (χ2n) is 6.84. The molecule has 24 heavy (non-hydrogen) atoms. The number of rotatable bonds is 4. The van der Waals surface area contributed by atoms with Crippen LogP contribution in [0.5, 0.6) is 0 Å². The van der Waals surface area contributed by atoms with Crippen LogP contribution >= 0.6 is 10.3 Å². The molecule has 1 atom stereocenters. The highest BCUT2D eigenvalue weighted by atomic mass is 32.3. The number of hydrogen-bond acceptors (Lipinski definition) is 3. The van der Waals surface area contributed by atoms with Gasteiger partial charge in [-0.1, -0.05) is 46.7 Å². The van der Waals surface area contributed by atoms with Crippen LogP contribution in [0, 0.1) is 0 Å². The summed E-state index contributed by atoms with van der Waals surface area (Å²) in [5, 5.41) is 0. The van der Waals surface area contributed by atoms with E-state index < -0.39 is 16.4 Å². The average Bonchev–Trinajstić information content (AvgIpc) is 2.98. The first-order valence-electron chi connectivity index (χ1n) is 8.23. The number of cyclic esters (lactones) is 1. The summed E-state index contributed by atoms with van der Waals surface area (Å²) in [5.74, 6) is -0.247. The van der Waals surface area contributed by atoms with Crippen LogP contribution in [-0.4, -0.2) is 23.4 Å². The minimum Gasteiger partial charge on any atom is -0.464 e. The Labute approximate surface area is 145 Å². The number of carbonyl (C=O) groups is 1. The van der Waals surface area contributed by atoms with Gasteiger partial charge >= 0.3 is 5.97 Å². The zero-order chi connectivity index (χ0) is 17.2. The Bertz CT molecular complexity index is 652. The van der Waals surface area contributed by atoms with E-state index in [1.54, 1.807) is 0 Å². The van der Waals surface area contributed by atoms with Crippen LogP contribution in [0.3, 0.4) is 0 Å². The monoisotopic (exact) mass is 344 g/mol. The van der Waals surface area contributed by atoms with Crippen LogP contribution in [0.15, 0.2) is 70.5 Å². The van der Waals surface area contributed by atoms with E-state index in [-0.39, 0.29) is 10.7 Å². The Kier molecular flexibility index (Phi) is 4.70. The Morgan fingerprint density at radius 1 is 0.958 bits per heavy atom. The van der Waals surface area contributed by atoms with Crippen molar-refractivity contribution in [2.75, 3.05) is 6.61 Å². The standard InChI is InChI=1S/C20H24O3S/c1-20(2,3)24(16-10-6-4-7-11-16,17-12-8-5-9-13-17)23-18-14-15-22-19(18)21/h4-13,18H,14-15H2,1-3H3/t18-/m1/s1. The van der Waals surface area contributed by atoms with Gasteiger partial charge in [0.05, 0.1) is 6.61 Å². The van der Waals surface area contributed by atoms with Gasteiger partial charge < -0.3 is 8.92 Å². The van der Waals surface area contributed by atoms with Crippen molar-refractivity contribution in [1.82, 2.24) is 0 Å². The molecule has 0 aliphatic carbocycles. The highest BCUT2D eigenvalue weighted by Gasteiger charge is 2.45. The first-order valence-corrected chi connectivity index (χ1v) is 9.79. The van der Waals surface area contributed by atoms with Crippen molar-refractivity contribution in [3.8, 4) is 0 Å². The molecule has 0 bridgehead atoms. The van der Waals surface area contributed by atoms with Crippen molar-refractivity contribution < 1.29 is 13.7 Å². The molecule has 0 amide bonds. The van der Waals surface area contributed by atoms with E-state index in [4.69, 9.17) is 8.92 Å². The Hall–Kier alpha value is -1.78. The molecule has 0 aromatic heterocycles. The predicted octanol–water partition coefficient (Wildman–Crippen LogP) is 4.95. The SMILES string of the molecule is CC(C)(C)S(O[C@@H]1CCOC1=O)(c1ccccc1)c1ccccc1. The highest BCUT2D eigenvalue weighted by molar-refractivity contribution is 8.31. The summed E-state index contributed by atoms with van der Waals surface area (Å²) >= 11 is 0. The highest BCUT2D eigenvalue weighted by Crippen LogP contribution is 2.72. The Balaban J connectivity index is 2.19. The van der Waals surface area contributed by atoms with Gasteiger partial charge in [-0.05, 0) is 45.0 Å². The van der Waals surface area contributed by atoms with Crippen molar-refractivity contribution in [2.45, 2.75) is 47.8 Å². The van der Waals surface area contributed by atoms with E-state index >= 15 is 0 Å². The lowest BCUT2D eigenvalue weighted by Crippen LogP contribution is -2.32. The molecule has 0 spiro atoms. The first-order chi connectivity index (χ1) is 11.4. The molecule has 1 saturated heterocycles. The minimum atomic E-state index is -1.89. The summed E-state index contributed by atoms with van der Waals surface area (Å²) < 4.78 is 11.6. The molecular formula is C20H24O3S. The van der Waals surface area contributed by atoms with Gasteiger partial charge in [-0.3, -0.25) is 0 Å². The predicted molar refractivity (Wildman–Crippen MR) is 97.2 cm³/mol. The third-order valence-corrected chi connectivity index (χ3v) is 8.28. The topological polar surface area (TPSA) is 35.5 Å². The lowest BCUT2D eigenvalue weighted by Gasteiger charge is -2.51. The van der Waals surface area contributed by atoms with Crippen molar-refractivity contribution >= 4 is 16.3 Å². The number of ether oxygens (including phenoxy) is 1. The first kappa shape index (κ1) is 17.1. The maximum atomic E-state index is 12.1. The summed E-state index contributed by atoms with van der Waals surface area (Å²) in [4.78, 5) is 14.4. The van der Waals surface area contributed by atoms with Crippen LogP contribution in [0.2, 0.25) is 0 Å². The van der Waals surface area contributed by atoms with Gasteiger partial charge in [0, 0.05) is 21.0 Å². The average molecular weight is 344 g/mol. The van der Waals surface area contributed by atoms with Gasteiger partial charge in [0.2, 0.25) is 0 Å². The Morgan fingerprint density at radius 3 is 1.83 bits per heavy atom. The summed E-state index contributed by atoms with van der Waals surface area (Å²) in [5.41, 5.74) is 0. The molecule has 3 rings (SSSR count). The summed E-state index contributed by atoms with van der Waals surface area (Å²) in [6.07, 6.45) is 0.114. The molecule has 1 aliphatic rings. The fourth-order valence-electron chi connectivity index (χ4n) is 3.06. The summed E-state index contributed by atoms with van der Waals surface area (Å²) in [7, 11) is -1.89. The molecule has 128 valence electrons. The lowest BCUT2D eigenvalue weighted by atomic mass is 10.3. The van der Waals surface area contributed by atoms with Crippen molar-refractivity contribution in [1.29, 1.82) is 0 Å². The zero-order valence-electron chi connectivity index (χ0n) is 14.4. The largest absolute Gasteiger partial charge is 0.464 e. The molecule has 0 unspecified atom stereocenters. The van der Waals surface area contributed by atoms with E-state index in [1.807, 2.05) is 36.4 Å². The lowest BCUT2D eigenvalue weighted by molar-refractivity contribution is -0.143. The van der Waals surface area contributed by atoms with Crippen molar-refractivity contribution in [2.24, 2.45) is 0 Å². The number of hydrogen-bond donors (Lipinski definition) is 0. The quantitative estimate of drug-likeness (QED) is 0.736. The number of esters is 1. The van der Waals surface area contributed by atoms with Gasteiger partial charge in [0.15, 0.2) is 6.10 Å². The normalized spacial score (nSPS) is 19.1. The number of carbonyl (C=O) groups excluding carboxylic acids is 1. The van der Waals surface area contributed by atoms with Crippen molar-refractivity contribution in [3.05, 3.63) is 60.7 Å². The van der Waals surface area contributed by atoms with Crippen LogP contribution in [0.4, 0.5) is 0 Å². The summed E-state index contributed by atoms with van der Waals surface area (Å²) in [6.45, 7) is 6.99. The molecule has 4 heteroatoms. The van der Waals surface area contributed by atoms with Gasteiger partial charge in [0.1, 0.15) is 0 Å². The molecule has 0 saturated carbocycles. The maximum Gasteiger partial charge on any atom is 0.336 e. The van der Waals surface area contributed by atoms with Gasteiger partial charge in [-0.25, -0.2) is 4.79 Å². The van der Waals surface area contributed by atoms with E-state index in [9.17, 15) is 4.79 Å². The molecule has 0 radical (unpaired) electrons. The Morgan fingerprint density at radius 2 is 1.46 bits per heavy atom. The fraction of sp³-hybridized carbons (Fsp3) is 0.350. The van der Waals surface area contributed by atoms with E-state index in [2.05, 4.69) is 45.0 Å². The van der Waals surface area contributed by atoms with E-state index in [0.717, 1.165) is 9.79 Å². The molecule has 2 aromatic rings. The zero-order valence-corrected chi connectivity index (χ0v) is 15.2. The van der Waals surface area contributed by atoms with Crippen LogP contribution < -0.4 is 0 Å². The van der Waals surface area contributed by atoms with Crippen LogP contribution in [-0.2, 0) is 13.7 Å². The molecule has 3 nitrogen and oxygen atoms in total. The fourth-order valence-corrected chi connectivity index (χ4v) is 6.86. The maximum absolute atomic E-state index is 12.1. The van der Waals surface area contributed by atoms with Gasteiger partial charge in [0.25, 0.3) is 0 Å². The van der Waals surface area contributed by atoms with Gasteiger partial charge in [-0.15, -0.1) is 0 Å². The molecule has 1 aliphatic heterocycles. The third-order valence-electron chi connectivity index (χ3n) is 4.16. The van der Waals surface area contributed by atoms with E-state index in [0.29, 0.717) is 13.0 Å². The number of benzene rings is 2. The smallest absolute Gasteiger partial charge is 0.336 e. The van der Waals surface area contributed by atoms with Gasteiger partial charge in [-0.2, -0.15) is 0 Å². The molecule has 0 N–H and O–H groups in total. The van der Waals surface area contributed by atoms with Crippen LogP contribution in [0.25, 0.3) is 0 Å². The minimum absolute atomic E-state index is 0.182. The third kappa shape index (κ3) is 2.96. The second-order valence-corrected chi connectivity index (χ2v) is 10.3. The molecule has 1 fully saturated rings. The summed E-state index contributed by atoms with van der Waals surface area (Å²) in [6, 6.07) is 20.5. The van der Waals surface area contributed by atoms with Crippen molar-refractivity contribution in [3.63, 3.8) is 0 Å². The van der Waals surface area contributed by atoms with Crippen LogP contribution in [0.1, 0.15) is 27.2 Å². The molecule has 2 aromatic carbocycles.